The molecule has 0 atom stereocenters. The molecule has 1 amide bonds. The van der Waals surface area contributed by atoms with Crippen LogP contribution in [0.25, 0.3) is 0 Å². The van der Waals surface area contributed by atoms with Crippen molar-refractivity contribution in [3.63, 3.8) is 0 Å². The molecule has 0 unspecified atom stereocenters. The third-order valence-electron chi connectivity index (χ3n) is 3.04. The Kier molecular flexibility index (Phi) is 4.10. The van der Waals surface area contributed by atoms with Gasteiger partial charge in [0.25, 0.3) is 5.91 Å². The van der Waals surface area contributed by atoms with Crippen LogP contribution in [-0.4, -0.2) is 17.9 Å². The minimum atomic E-state index is -0.120. The van der Waals surface area contributed by atoms with Gasteiger partial charge in [0.2, 0.25) is 0 Å². The van der Waals surface area contributed by atoms with Crippen LogP contribution in [0.1, 0.15) is 27.2 Å². The Labute approximate surface area is 121 Å². The van der Waals surface area contributed by atoms with E-state index in [2.05, 4.69) is 48.0 Å². The van der Waals surface area contributed by atoms with Crippen molar-refractivity contribution in [3.05, 3.63) is 57.5 Å². The molecular weight excluding hydrogens is 306 g/mol. The molecule has 1 aromatic carbocycles. The standard InChI is InChI=1S/C15H16BrNO2/c1-10-4-5-12(11(2)8-10)9-17(3)15(18)13-6-7-14(16)19-13/h4-8H,9H2,1-3H3. The van der Waals surface area contributed by atoms with E-state index >= 15 is 0 Å². The average Bonchev–Trinajstić information content (AvgIpc) is 2.78. The summed E-state index contributed by atoms with van der Waals surface area (Å²) in [7, 11) is 1.78. The predicted octanol–water partition coefficient (Wildman–Crippen LogP) is 3.93. The summed E-state index contributed by atoms with van der Waals surface area (Å²) in [6.45, 7) is 4.69. The third kappa shape index (κ3) is 3.26. The van der Waals surface area contributed by atoms with Crippen molar-refractivity contribution in [1.29, 1.82) is 0 Å². The van der Waals surface area contributed by atoms with Crippen LogP contribution in [0, 0.1) is 13.8 Å². The SMILES string of the molecule is Cc1ccc(CN(C)C(=O)c2ccc(Br)o2)c(C)c1. The van der Waals surface area contributed by atoms with Gasteiger partial charge >= 0.3 is 0 Å². The quantitative estimate of drug-likeness (QED) is 0.858. The topological polar surface area (TPSA) is 33.5 Å². The molecule has 0 radical (unpaired) electrons. The van der Waals surface area contributed by atoms with E-state index in [0.29, 0.717) is 17.0 Å². The van der Waals surface area contributed by atoms with E-state index in [0.717, 1.165) is 5.56 Å². The Bertz CT molecular complexity index is 604. The van der Waals surface area contributed by atoms with E-state index in [1.165, 1.54) is 11.1 Å². The lowest BCUT2D eigenvalue weighted by Crippen LogP contribution is -2.26. The number of benzene rings is 1. The van der Waals surface area contributed by atoms with Gasteiger partial charge in [0.05, 0.1) is 0 Å². The number of furan rings is 1. The van der Waals surface area contributed by atoms with E-state index in [-0.39, 0.29) is 5.91 Å². The zero-order valence-electron chi connectivity index (χ0n) is 11.2. The zero-order valence-corrected chi connectivity index (χ0v) is 12.8. The lowest BCUT2D eigenvalue weighted by molar-refractivity contribution is 0.0752. The van der Waals surface area contributed by atoms with Crippen molar-refractivity contribution in [3.8, 4) is 0 Å². The van der Waals surface area contributed by atoms with Crippen molar-refractivity contribution in [1.82, 2.24) is 4.90 Å². The highest BCUT2D eigenvalue weighted by atomic mass is 79.9. The summed E-state index contributed by atoms with van der Waals surface area (Å²) in [4.78, 5) is 13.8. The Morgan fingerprint density at radius 3 is 2.58 bits per heavy atom. The van der Waals surface area contributed by atoms with Crippen LogP contribution in [0.2, 0.25) is 0 Å². The van der Waals surface area contributed by atoms with Crippen LogP contribution in [0.4, 0.5) is 0 Å². The highest BCUT2D eigenvalue weighted by Crippen LogP contribution is 2.17. The average molecular weight is 322 g/mol. The van der Waals surface area contributed by atoms with E-state index < -0.39 is 0 Å². The number of rotatable bonds is 3. The highest BCUT2D eigenvalue weighted by Gasteiger charge is 2.16. The van der Waals surface area contributed by atoms with Gasteiger partial charge < -0.3 is 9.32 Å². The van der Waals surface area contributed by atoms with Crippen molar-refractivity contribution in [2.75, 3.05) is 7.05 Å². The summed E-state index contributed by atoms with van der Waals surface area (Å²) in [5.41, 5.74) is 3.57. The number of hydrogen-bond donors (Lipinski definition) is 0. The van der Waals surface area contributed by atoms with Crippen molar-refractivity contribution in [2.24, 2.45) is 0 Å². The molecule has 1 aromatic heterocycles. The molecular formula is C15H16BrNO2. The molecule has 0 aliphatic carbocycles. The maximum absolute atomic E-state index is 12.2. The number of hydrogen-bond acceptors (Lipinski definition) is 2. The molecule has 2 aromatic rings. The lowest BCUT2D eigenvalue weighted by atomic mass is 10.1. The second-order valence-electron chi connectivity index (χ2n) is 4.69. The molecule has 0 aliphatic heterocycles. The van der Waals surface area contributed by atoms with Gasteiger partial charge in [0.1, 0.15) is 0 Å². The molecule has 0 saturated heterocycles. The van der Waals surface area contributed by atoms with Crippen molar-refractivity contribution >= 4 is 21.8 Å². The van der Waals surface area contributed by atoms with Crippen molar-refractivity contribution < 1.29 is 9.21 Å². The lowest BCUT2D eigenvalue weighted by Gasteiger charge is -2.17. The van der Waals surface area contributed by atoms with Crippen LogP contribution in [0.5, 0.6) is 0 Å². The fourth-order valence-corrected chi connectivity index (χ4v) is 2.27. The number of nitrogens with zero attached hydrogens (tertiary/aromatic N) is 1. The molecule has 0 fully saturated rings. The summed E-state index contributed by atoms with van der Waals surface area (Å²) in [6, 6.07) is 9.64. The second-order valence-corrected chi connectivity index (χ2v) is 5.48. The van der Waals surface area contributed by atoms with Gasteiger partial charge in [-0.2, -0.15) is 0 Å². The summed E-state index contributed by atoms with van der Waals surface area (Å²) < 4.78 is 5.84. The molecule has 4 heteroatoms. The van der Waals surface area contributed by atoms with Crippen LogP contribution in [0.15, 0.2) is 39.4 Å². The Hall–Kier alpha value is -1.55. The summed E-state index contributed by atoms with van der Waals surface area (Å²) in [5.74, 6) is 0.227. The first kappa shape index (κ1) is 13.9. The van der Waals surface area contributed by atoms with E-state index in [1.54, 1.807) is 24.1 Å². The Morgan fingerprint density at radius 2 is 2.00 bits per heavy atom. The summed E-state index contributed by atoms with van der Waals surface area (Å²) in [5, 5.41) is 0. The predicted molar refractivity (Wildman–Crippen MR) is 78.1 cm³/mol. The van der Waals surface area contributed by atoms with Gasteiger partial charge in [-0.25, -0.2) is 0 Å². The van der Waals surface area contributed by atoms with E-state index in [9.17, 15) is 4.79 Å². The largest absolute Gasteiger partial charge is 0.444 e. The highest BCUT2D eigenvalue weighted by molar-refractivity contribution is 9.10. The number of carbonyl (C=O) groups is 1. The molecule has 100 valence electrons. The normalized spacial score (nSPS) is 10.5. The molecule has 0 saturated carbocycles. The molecule has 2 rings (SSSR count). The zero-order chi connectivity index (χ0) is 14.0. The minimum Gasteiger partial charge on any atom is -0.444 e. The number of halogens is 1. The molecule has 3 nitrogen and oxygen atoms in total. The van der Waals surface area contributed by atoms with Gasteiger partial charge in [-0.1, -0.05) is 23.8 Å². The van der Waals surface area contributed by atoms with Crippen LogP contribution in [0.3, 0.4) is 0 Å². The number of aryl methyl sites for hydroxylation is 2. The molecule has 0 aliphatic rings. The fraction of sp³-hybridized carbons (Fsp3) is 0.267. The van der Waals surface area contributed by atoms with Gasteiger partial charge in [0.15, 0.2) is 10.4 Å². The van der Waals surface area contributed by atoms with Crippen molar-refractivity contribution in [2.45, 2.75) is 20.4 Å². The van der Waals surface area contributed by atoms with Gasteiger partial charge in [-0.15, -0.1) is 0 Å². The maximum atomic E-state index is 12.2. The summed E-state index contributed by atoms with van der Waals surface area (Å²) >= 11 is 3.20. The molecule has 0 spiro atoms. The smallest absolute Gasteiger partial charge is 0.289 e. The monoisotopic (exact) mass is 321 g/mol. The molecule has 0 N–H and O–H groups in total. The Balaban J connectivity index is 2.12. The summed E-state index contributed by atoms with van der Waals surface area (Å²) in [6.07, 6.45) is 0. The van der Waals surface area contributed by atoms with Gasteiger partial charge in [-0.05, 0) is 53.0 Å². The third-order valence-corrected chi connectivity index (χ3v) is 3.46. The van der Waals surface area contributed by atoms with E-state index in [4.69, 9.17) is 4.42 Å². The molecule has 19 heavy (non-hydrogen) atoms. The fourth-order valence-electron chi connectivity index (χ4n) is 1.97. The minimum absolute atomic E-state index is 0.120. The maximum Gasteiger partial charge on any atom is 0.289 e. The van der Waals surface area contributed by atoms with Crippen LogP contribution < -0.4 is 0 Å². The van der Waals surface area contributed by atoms with Gasteiger partial charge in [0, 0.05) is 13.6 Å². The number of amides is 1. The number of carbonyl (C=O) groups excluding carboxylic acids is 1. The molecule has 0 bridgehead atoms. The Morgan fingerprint density at radius 1 is 1.26 bits per heavy atom. The first-order valence-electron chi connectivity index (χ1n) is 6.04. The second kappa shape index (κ2) is 5.61. The van der Waals surface area contributed by atoms with E-state index in [1.807, 2.05) is 0 Å². The molecule has 1 heterocycles. The van der Waals surface area contributed by atoms with Crippen LogP contribution in [-0.2, 0) is 6.54 Å². The van der Waals surface area contributed by atoms with Crippen LogP contribution >= 0.6 is 15.9 Å². The first-order chi connectivity index (χ1) is 8.97. The first-order valence-corrected chi connectivity index (χ1v) is 6.83. The van der Waals surface area contributed by atoms with Gasteiger partial charge in [-0.3, -0.25) is 4.79 Å².